The van der Waals surface area contributed by atoms with E-state index in [9.17, 15) is 5.11 Å². The highest BCUT2D eigenvalue weighted by molar-refractivity contribution is 4.31. The van der Waals surface area contributed by atoms with Gasteiger partial charge >= 0.3 is 0 Å². The van der Waals surface area contributed by atoms with Crippen LogP contribution in [0.1, 0.15) is 6.42 Å². The maximum absolute atomic E-state index is 9.44. The van der Waals surface area contributed by atoms with Crippen LogP contribution in [0.25, 0.3) is 0 Å². The first-order valence-electron chi connectivity index (χ1n) is 1.87. The lowest BCUT2D eigenvalue weighted by Crippen LogP contribution is -1.90. The zero-order chi connectivity index (χ0) is 4.83. The molecule has 0 aromatic rings. The Labute approximate surface area is 37.7 Å². The standard InChI is InChI=1S/C4H8O2/c1-2-3-6-4-5/h1-4H2. The maximum Gasteiger partial charge on any atom is 0.180 e. The van der Waals surface area contributed by atoms with Crippen molar-refractivity contribution in [1.29, 1.82) is 0 Å². The topological polar surface area (TPSA) is 29.1 Å². The van der Waals surface area contributed by atoms with Gasteiger partial charge in [0.1, 0.15) is 0 Å². The van der Waals surface area contributed by atoms with Crippen molar-refractivity contribution in [2.45, 2.75) is 6.42 Å². The first-order valence-corrected chi connectivity index (χ1v) is 1.87. The molecule has 2 nitrogen and oxygen atoms in total. The van der Waals surface area contributed by atoms with Crippen molar-refractivity contribution < 1.29 is 9.84 Å². The highest BCUT2D eigenvalue weighted by Crippen LogP contribution is 1.74. The Morgan fingerprint density at radius 2 is 2.33 bits per heavy atom. The summed E-state index contributed by atoms with van der Waals surface area (Å²) in [4.78, 5) is 0. The van der Waals surface area contributed by atoms with Gasteiger partial charge in [0, 0.05) is 6.61 Å². The van der Waals surface area contributed by atoms with Crippen LogP contribution in [0.3, 0.4) is 0 Å². The Morgan fingerprint density at radius 3 is 2.50 bits per heavy atom. The van der Waals surface area contributed by atoms with Gasteiger partial charge in [-0.2, -0.15) is 0 Å². The summed E-state index contributed by atoms with van der Waals surface area (Å²) < 4.78 is 4.36. The number of rotatable bonds is 3. The van der Waals surface area contributed by atoms with Crippen LogP contribution in [0.5, 0.6) is 0 Å². The molecule has 0 aromatic heterocycles. The Morgan fingerprint density at radius 1 is 1.67 bits per heavy atom. The van der Waals surface area contributed by atoms with E-state index in [0.29, 0.717) is 13.0 Å². The van der Waals surface area contributed by atoms with Crippen LogP contribution >= 0.6 is 0 Å². The summed E-state index contributed by atoms with van der Waals surface area (Å²) in [5, 5.41) is 9.44. The molecular formula is C4H8O2. The van der Waals surface area contributed by atoms with E-state index in [1.165, 1.54) is 0 Å². The molecule has 0 unspecified atom stereocenters. The third-order valence-corrected chi connectivity index (χ3v) is 0.372. The van der Waals surface area contributed by atoms with Crippen molar-refractivity contribution >= 4 is 0 Å². The lowest BCUT2D eigenvalue weighted by Gasteiger charge is -1.88. The first-order chi connectivity index (χ1) is 2.91. The Hall–Kier alpha value is -0.0800. The molecule has 0 aliphatic heterocycles. The number of ether oxygens (including phenoxy) is 1. The van der Waals surface area contributed by atoms with Crippen molar-refractivity contribution in [2.75, 3.05) is 13.4 Å². The highest BCUT2D eigenvalue weighted by atomic mass is 16.6. The predicted octanol–water partition coefficient (Wildman–Crippen LogP) is 0.615. The molecule has 36 valence electrons. The van der Waals surface area contributed by atoms with Crippen molar-refractivity contribution in [3.8, 4) is 0 Å². The normalized spacial score (nSPS) is 9.00. The molecule has 0 atom stereocenters. The third kappa shape index (κ3) is 3.92. The predicted molar refractivity (Wildman–Crippen MR) is 21.5 cm³/mol. The van der Waals surface area contributed by atoms with E-state index in [1.807, 2.05) is 0 Å². The van der Waals surface area contributed by atoms with E-state index in [4.69, 9.17) is 0 Å². The summed E-state index contributed by atoms with van der Waals surface area (Å²) >= 11 is 0. The summed E-state index contributed by atoms with van der Waals surface area (Å²) in [6.45, 7) is 3.51. The molecule has 6 heavy (non-hydrogen) atoms. The second-order valence-corrected chi connectivity index (χ2v) is 0.880. The first kappa shape index (κ1) is 5.92. The maximum atomic E-state index is 9.44. The largest absolute Gasteiger partial charge is 0.352 e. The quantitative estimate of drug-likeness (QED) is 0.367. The molecule has 0 heterocycles. The van der Waals surface area contributed by atoms with Crippen LogP contribution in [-0.4, -0.2) is 13.4 Å². The monoisotopic (exact) mass is 88.1 g/mol. The van der Waals surface area contributed by atoms with Crippen LogP contribution in [-0.2, 0) is 9.84 Å². The molecule has 0 amide bonds. The summed E-state index contributed by atoms with van der Waals surface area (Å²) in [5.74, 6) is 0. The van der Waals surface area contributed by atoms with Gasteiger partial charge in [-0.3, -0.25) is 0 Å². The van der Waals surface area contributed by atoms with E-state index < -0.39 is 6.79 Å². The van der Waals surface area contributed by atoms with Crippen LogP contribution < -0.4 is 0 Å². The van der Waals surface area contributed by atoms with Crippen LogP contribution in [0, 0.1) is 6.92 Å². The average molecular weight is 88.1 g/mol. The highest BCUT2D eigenvalue weighted by Gasteiger charge is 1.75. The molecular weight excluding hydrogens is 80.0 g/mol. The van der Waals surface area contributed by atoms with Gasteiger partial charge in [-0.1, -0.05) is 6.92 Å². The summed E-state index contributed by atoms with van der Waals surface area (Å²) in [7, 11) is 0. The van der Waals surface area contributed by atoms with E-state index in [2.05, 4.69) is 11.7 Å². The minimum absolute atomic E-state index is 0.435. The number of hydrogen-bond acceptors (Lipinski definition) is 1. The molecule has 0 bridgehead atoms. The van der Waals surface area contributed by atoms with Gasteiger partial charge in [-0.05, 0) is 6.42 Å². The van der Waals surface area contributed by atoms with Gasteiger partial charge in [0.05, 0.1) is 0 Å². The van der Waals surface area contributed by atoms with Gasteiger partial charge in [-0.25, -0.2) is 5.11 Å². The lowest BCUT2D eigenvalue weighted by atomic mass is 10.5. The second-order valence-electron chi connectivity index (χ2n) is 0.880. The van der Waals surface area contributed by atoms with Crippen LogP contribution in [0.4, 0.5) is 0 Å². The molecule has 0 aliphatic rings. The van der Waals surface area contributed by atoms with E-state index in [-0.39, 0.29) is 0 Å². The van der Waals surface area contributed by atoms with Gasteiger partial charge in [0.25, 0.3) is 0 Å². The van der Waals surface area contributed by atoms with Crippen molar-refractivity contribution in [2.24, 2.45) is 0 Å². The minimum atomic E-state index is -0.435. The van der Waals surface area contributed by atoms with E-state index in [0.717, 1.165) is 0 Å². The zero-order valence-electron chi connectivity index (χ0n) is 3.64. The second kappa shape index (κ2) is 4.92. The summed E-state index contributed by atoms with van der Waals surface area (Å²) in [6, 6.07) is 0. The minimum Gasteiger partial charge on any atom is -0.352 e. The summed E-state index contributed by atoms with van der Waals surface area (Å²) in [6.07, 6.45) is 0.683. The van der Waals surface area contributed by atoms with Crippen molar-refractivity contribution in [1.82, 2.24) is 0 Å². The summed E-state index contributed by atoms with van der Waals surface area (Å²) in [5.41, 5.74) is 0. The van der Waals surface area contributed by atoms with Crippen molar-refractivity contribution in [3.63, 3.8) is 0 Å². The van der Waals surface area contributed by atoms with Crippen LogP contribution in [0.15, 0.2) is 0 Å². The molecule has 0 spiro atoms. The molecule has 0 aliphatic carbocycles. The molecule has 0 saturated carbocycles. The molecule has 2 radical (unpaired) electrons. The fraction of sp³-hybridized carbons (Fsp3) is 0.750. The Balaban J connectivity index is 2.34. The van der Waals surface area contributed by atoms with Gasteiger partial charge < -0.3 is 4.74 Å². The fourth-order valence-corrected chi connectivity index (χ4v) is 0.161. The molecule has 0 rings (SSSR count). The molecule has 0 N–H and O–H groups in total. The average Bonchev–Trinajstić information content (AvgIpc) is 1.61. The lowest BCUT2D eigenvalue weighted by molar-refractivity contribution is -0.0419. The molecule has 0 saturated heterocycles. The van der Waals surface area contributed by atoms with Gasteiger partial charge in [0.2, 0.25) is 0 Å². The van der Waals surface area contributed by atoms with Crippen LogP contribution in [0.2, 0.25) is 0 Å². The Bertz CT molecular complexity index is 17.5. The fourth-order valence-electron chi connectivity index (χ4n) is 0.161. The molecule has 2 heteroatoms. The Kier molecular flexibility index (Phi) is 4.85. The van der Waals surface area contributed by atoms with E-state index >= 15 is 0 Å². The van der Waals surface area contributed by atoms with Crippen molar-refractivity contribution in [3.05, 3.63) is 6.92 Å². The smallest absolute Gasteiger partial charge is 0.180 e. The molecule has 0 aromatic carbocycles. The van der Waals surface area contributed by atoms with Gasteiger partial charge in [0.15, 0.2) is 6.79 Å². The zero-order valence-corrected chi connectivity index (χ0v) is 3.64. The van der Waals surface area contributed by atoms with E-state index in [1.54, 1.807) is 0 Å². The molecule has 0 fully saturated rings. The third-order valence-electron chi connectivity index (χ3n) is 0.372. The SMILES string of the molecule is [CH2]CCOC[O]. The van der Waals surface area contributed by atoms with Gasteiger partial charge in [-0.15, -0.1) is 0 Å². The number of hydrogen-bond donors (Lipinski definition) is 0.